The van der Waals surface area contributed by atoms with Gasteiger partial charge in [0, 0.05) is 5.02 Å². The number of hydrogen-bond acceptors (Lipinski definition) is 2. The summed E-state index contributed by atoms with van der Waals surface area (Å²) in [5, 5.41) is 9.83. The van der Waals surface area contributed by atoms with Crippen LogP contribution in [0.1, 0.15) is 5.56 Å². The molecule has 0 bridgehead atoms. The first-order valence-corrected chi connectivity index (χ1v) is 4.14. The van der Waals surface area contributed by atoms with Crippen molar-refractivity contribution in [1.82, 2.24) is 0 Å². The zero-order chi connectivity index (χ0) is 8.59. The van der Waals surface area contributed by atoms with E-state index in [1.54, 1.807) is 13.0 Å². The first-order chi connectivity index (χ1) is 5.04. The van der Waals surface area contributed by atoms with Crippen LogP contribution in [0.15, 0.2) is 10.5 Å². The van der Waals surface area contributed by atoms with Crippen LogP contribution in [-0.2, 0) is 0 Å². The van der Waals surface area contributed by atoms with Gasteiger partial charge < -0.3 is 10.8 Å². The summed E-state index contributed by atoms with van der Waals surface area (Å²) >= 11 is 8.89. The Morgan fingerprint density at radius 3 is 2.73 bits per heavy atom. The van der Waals surface area contributed by atoms with Crippen LogP contribution in [0, 0.1) is 6.92 Å². The molecule has 0 aliphatic carbocycles. The average molecular weight is 236 g/mol. The lowest BCUT2D eigenvalue weighted by molar-refractivity contribution is 0.474. The van der Waals surface area contributed by atoms with Crippen LogP contribution >= 0.6 is 27.5 Å². The summed E-state index contributed by atoms with van der Waals surface area (Å²) in [5.41, 5.74) is 6.54. The first kappa shape index (κ1) is 8.68. The number of aromatic hydroxyl groups is 1. The van der Waals surface area contributed by atoms with Crippen molar-refractivity contribution < 1.29 is 5.11 Å². The van der Waals surface area contributed by atoms with E-state index in [0.717, 1.165) is 0 Å². The number of nitrogens with two attached hydrogens (primary N) is 1. The fourth-order valence-electron chi connectivity index (χ4n) is 0.723. The van der Waals surface area contributed by atoms with Crippen molar-refractivity contribution in [3.8, 4) is 5.75 Å². The van der Waals surface area contributed by atoms with Gasteiger partial charge in [0.1, 0.15) is 0 Å². The Morgan fingerprint density at radius 2 is 2.18 bits per heavy atom. The molecular weight excluding hydrogens is 229 g/mol. The third-order valence-electron chi connectivity index (χ3n) is 1.50. The van der Waals surface area contributed by atoms with Crippen LogP contribution in [0.2, 0.25) is 5.02 Å². The first-order valence-electron chi connectivity index (χ1n) is 2.97. The van der Waals surface area contributed by atoms with E-state index in [1.807, 2.05) is 0 Å². The number of anilines is 1. The SMILES string of the molecule is Cc1c(Cl)cc(Br)c(O)c1N. The molecule has 0 aromatic heterocycles. The molecule has 0 spiro atoms. The van der Waals surface area contributed by atoms with Crippen molar-refractivity contribution in [3.63, 3.8) is 0 Å². The molecule has 0 saturated carbocycles. The minimum absolute atomic E-state index is 0.0481. The molecule has 0 heterocycles. The number of halogens is 2. The van der Waals surface area contributed by atoms with Crippen molar-refractivity contribution >= 4 is 33.2 Å². The van der Waals surface area contributed by atoms with E-state index in [-0.39, 0.29) is 5.75 Å². The Balaban J connectivity index is 3.46. The van der Waals surface area contributed by atoms with Gasteiger partial charge >= 0.3 is 0 Å². The molecular formula is C7H7BrClNO. The molecule has 0 amide bonds. The van der Waals surface area contributed by atoms with Gasteiger partial charge in [0.2, 0.25) is 0 Å². The highest BCUT2D eigenvalue weighted by molar-refractivity contribution is 9.10. The van der Waals surface area contributed by atoms with Gasteiger partial charge in [-0.25, -0.2) is 0 Å². The molecule has 0 saturated heterocycles. The lowest BCUT2D eigenvalue weighted by Crippen LogP contribution is -1.91. The molecule has 1 aromatic carbocycles. The standard InChI is InChI=1S/C7H7BrClNO/c1-3-5(9)2-4(8)7(11)6(3)10/h2,11H,10H2,1H3. The molecule has 11 heavy (non-hydrogen) atoms. The Bertz CT molecular complexity index is 275. The molecule has 2 nitrogen and oxygen atoms in total. The summed E-state index contributed by atoms with van der Waals surface area (Å²) in [5.74, 6) is 0.0481. The van der Waals surface area contributed by atoms with E-state index in [9.17, 15) is 5.11 Å². The van der Waals surface area contributed by atoms with Crippen LogP contribution < -0.4 is 5.73 Å². The number of phenolic OH excluding ortho intramolecular Hbond substituents is 1. The van der Waals surface area contributed by atoms with Gasteiger partial charge in [-0.2, -0.15) is 0 Å². The topological polar surface area (TPSA) is 46.2 Å². The third kappa shape index (κ3) is 1.44. The highest BCUT2D eigenvalue weighted by Gasteiger charge is 2.08. The molecule has 0 fully saturated rings. The second kappa shape index (κ2) is 2.91. The van der Waals surface area contributed by atoms with Crippen molar-refractivity contribution in [3.05, 3.63) is 21.1 Å². The molecule has 0 aliphatic heterocycles. The van der Waals surface area contributed by atoms with Crippen molar-refractivity contribution in [2.24, 2.45) is 0 Å². The zero-order valence-corrected chi connectivity index (χ0v) is 8.20. The number of benzene rings is 1. The third-order valence-corrected chi connectivity index (χ3v) is 2.49. The maximum absolute atomic E-state index is 9.28. The van der Waals surface area contributed by atoms with E-state index in [1.165, 1.54) is 0 Å². The molecule has 3 N–H and O–H groups in total. The maximum Gasteiger partial charge on any atom is 0.153 e. The summed E-state index contributed by atoms with van der Waals surface area (Å²) in [7, 11) is 0. The maximum atomic E-state index is 9.28. The summed E-state index contributed by atoms with van der Waals surface area (Å²) in [6.07, 6.45) is 0. The largest absolute Gasteiger partial charge is 0.505 e. The molecule has 0 unspecified atom stereocenters. The highest BCUT2D eigenvalue weighted by atomic mass is 79.9. The summed E-state index contributed by atoms with van der Waals surface area (Å²) in [6, 6.07) is 1.61. The van der Waals surface area contributed by atoms with Gasteiger partial charge in [-0.1, -0.05) is 11.6 Å². The van der Waals surface area contributed by atoms with Crippen molar-refractivity contribution in [2.75, 3.05) is 5.73 Å². The van der Waals surface area contributed by atoms with Gasteiger partial charge in [0.05, 0.1) is 10.2 Å². The summed E-state index contributed by atoms with van der Waals surface area (Å²) in [4.78, 5) is 0. The second-order valence-electron chi connectivity index (χ2n) is 2.23. The number of rotatable bonds is 0. The predicted octanol–water partition coefficient (Wildman–Crippen LogP) is 2.70. The monoisotopic (exact) mass is 235 g/mol. The molecule has 0 radical (unpaired) electrons. The molecule has 60 valence electrons. The predicted molar refractivity (Wildman–Crippen MR) is 50.0 cm³/mol. The van der Waals surface area contributed by atoms with Gasteiger partial charge in [-0.3, -0.25) is 0 Å². The number of hydrogen-bond donors (Lipinski definition) is 2. The Labute approximate surface area is 78.1 Å². The van der Waals surface area contributed by atoms with E-state index in [0.29, 0.717) is 20.7 Å². The van der Waals surface area contributed by atoms with Gasteiger partial charge in [0.15, 0.2) is 5.75 Å². The van der Waals surface area contributed by atoms with Crippen LogP contribution in [0.3, 0.4) is 0 Å². The van der Waals surface area contributed by atoms with Crippen molar-refractivity contribution in [1.29, 1.82) is 0 Å². The molecule has 0 aliphatic rings. The van der Waals surface area contributed by atoms with E-state index in [4.69, 9.17) is 17.3 Å². The summed E-state index contributed by atoms with van der Waals surface area (Å²) < 4.78 is 0.519. The Hall–Kier alpha value is -0.410. The van der Waals surface area contributed by atoms with Crippen LogP contribution in [0.4, 0.5) is 5.69 Å². The number of phenols is 1. The zero-order valence-electron chi connectivity index (χ0n) is 5.86. The minimum Gasteiger partial charge on any atom is -0.505 e. The van der Waals surface area contributed by atoms with E-state index in [2.05, 4.69) is 15.9 Å². The van der Waals surface area contributed by atoms with Crippen LogP contribution in [0.5, 0.6) is 5.75 Å². The Kier molecular flexibility index (Phi) is 2.30. The van der Waals surface area contributed by atoms with Crippen molar-refractivity contribution in [2.45, 2.75) is 6.92 Å². The Morgan fingerprint density at radius 1 is 1.64 bits per heavy atom. The fraction of sp³-hybridized carbons (Fsp3) is 0.143. The summed E-state index contributed by atoms with van der Waals surface area (Å²) in [6.45, 7) is 1.75. The van der Waals surface area contributed by atoms with Gasteiger partial charge in [-0.05, 0) is 34.5 Å². The van der Waals surface area contributed by atoms with Gasteiger partial charge in [0.25, 0.3) is 0 Å². The van der Waals surface area contributed by atoms with Gasteiger partial charge in [-0.15, -0.1) is 0 Å². The van der Waals surface area contributed by atoms with Crippen LogP contribution in [0.25, 0.3) is 0 Å². The fourth-order valence-corrected chi connectivity index (χ4v) is 1.51. The minimum atomic E-state index is 0.0481. The second-order valence-corrected chi connectivity index (χ2v) is 3.49. The highest BCUT2D eigenvalue weighted by Crippen LogP contribution is 2.36. The van der Waals surface area contributed by atoms with E-state index >= 15 is 0 Å². The average Bonchev–Trinajstić information content (AvgIpc) is 1.97. The molecule has 1 rings (SSSR count). The quantitative estimate of drug-likeness (QED) is 0.537. The van der Waals surface area contributed by atoms with E-state index < -0.39 is 0 Å². The number of nitrogen functional groups attached to an aromatic ring is 1. The molecule has 4 heteroatoms. The normalized spacial score (nSPS) is 10.1. The molecule has 1 aromatic rings. The van der Waals surface area contributed by atoms with Crippen LogP contribution in [-0.4, -0.2) is 5.11 Å². The lowest BCUT2D eigenvalue weighted by Gasteiger charge is -2.06. The molecule has 0 atom stereocenters. The lowest BCUT2D eigenvalue weighted by atomic mass is 10.2. The smallest absolute Gasteiger partial charge is 0.153 e.